The summed E-state index contributed by atoms with van der Waals surface area (Å²) in [6.07, 6.45) is 0.944. The zero-order valence-electron chi connectivity index (χ0n) is 7.56. The summed E-state index contributed by atoms with van der Waals surface area (Å²) >= 11 is 0. The highest BCUT2D eigenvalue weighted by molar-refractivity contribution is 7.85. The number of carbonyl (C=O) groups excluding carboxylic acids is 1. The first kappa shape index (κ1) is 10.9. The fraction of sp³-hybridized carbons (Fsp3) is 0.375. The van der Waals surface area contributed by atoms with Crippen molar-refractivity contribution in [1.82, 2.24) is 0 Å². The lowest BCUT2D eigenvalue weighted by Crippen LogP contribution is -1.97. The Kier molecular flexibility index (Phi) is 3.07. The first-order chi connectivity index (χ1) is 6.45. The highest BCUT2D eigenvalue weighted by Crippen LogP contribution is 2.15. The van der Waals surface area contributed by atoms with Crippen LogP contribution < -0.4 is 0 Å². The molecule has 6 heteroatoms. The van der Waals surface area contributed by atoms with Crippen molar-refractivity contribution in [2.75, 3.05) is 0 Å². The molecular weight excluding hydrogens is 208 g/mol. The predicted molar refractivity (Wildman–Crippen MR) is 47.8 cm³/mol. The summed E-state index contributed by atoms with van der Waals surface area (Å²) in [4.78, 5) is 11.2. The van der Waals surface area contributed by atoms with E-state index in [0.29, 0.717) is 12.8 Å². The van der Waals surface area contributed by atoms with Crippen molar-refractivity contribution >= 4 is 15.9 Å². The van der Waals surface area contributed by atoms with Crippen molar-refractivity contribution in [2.24, 2.45) is 0 Å². The van der Waals surface area contributed by atoms with Crippen LogP contribution in [0.3, 0.4) is 0 Å². The molecule has 0 atom stereocenters. The summed E-state index contributed by atoms with van der Waals surface area (Å²) in [5.74, 6) is -0.318. The molecule has 0 aromatic carbocycles. The SMILES string of the molecule is CCCC(=O)c1ccc(S(=O)(=O)O)o1. The molecule has 5 nitrogen and oxygen atoms in total. The van der Waals surface area contributed by atoms with Gasteiger partial charge in [0, 0.05) is 6.42 Å². The second-order valence-electron chi connectivity index (χ2n) is 2.77. The van der Waals surface area contributed by atoms with Crippen molar-refractivity contribution < 1.29 is 22.2 Å². The third kappa shape index (κ3) is 2.43. The quantitative estimate of drug-likeness (QED) is 0.611. The third-order valence-corrected chi connectivity index (χ3v) is 2.32. The maximum atomic E-state index is 11.2. The lowest BCUT2D eigenvalue weighted by molar-refractivity contribution is 0.0949. The molecule has 0 aliphatic rings. The predicted octanol–water partition coefficient (Wildman–Crippen LogP) is 1.51. The minimum absolute atomic E-state index is 0.0422. The molecule has 1 N–H and O–H groups in total. The van der Waals surface area contributed by atoms with Crippen LogP contribution in [0, 0.1) is 0 Å². The molecule has 14 heavy (non-hydrogen) atoms. The van der Waals surface area contributed by atoms with Gasteiger partial charge < -0.3 is 4.42 Å². The van der Waals surface area contributed by atoms with Gasteiger partial charge in [0.15, 0.2) is 11.5 Å². The van der Waals surface area contributed by atoms with Crippen LogP contribution in [0.2, 0.25) is 0 Å². The molecule has 1 heterocycles. The van der Waals surface area contributed by atoms with Crippen LogP contribution in [0.5, 0.6) is 0 Å². The molecule has 0 aliphatic carbocycles. The summed E-state index contributed by atoms with van der Waals surface area (Å²) in [7, 11) is -4.35. The van der Waals surface area contributed by atoms with Gasteiger partial charge in [-0.2, -0.15) is 8.42 Å². The molecule has 0 aliphatic heterocycles. The molecule has 1 aromatic heterocycles. The van der Waals surface area contributed by atoms with E-state index < -0.39 is 15.2 Å². The Balaban J connectivity index is 2.94. The maximum Gasteiger partial charge on any atom is 0.328 e. The van der Waals surface area contributed by atoms with Crippen LogP contribution in [-0.4, -0.2) is 18.8 Å². The summed E-state index contributed by atoms with van der Waals surface area (Å²) in [6.45, 7) is 1.82. The van der Waals surface area contributed by atoms with Gasteiger partial charge in [0.1, 0.15) is 0 Å². The monoisotopic (exact) mass is 218 g/mol. The van der Waals surface area contributed by atoms with E-state index in [4.69, 9.17) is 4.55 Å². The van der Waals surface area contributed by atoms with E-state index in [9.17, 15) is 13.2 Å². The van der Waals surface area contributed by atoms with Gasteiger partial charge in [0.25, 0.3) is 0 Å². The van der Waals surface area contributed by atoms with Gasteiger partial charge in [-0.25, -0.2) is 0 Å². The molecule has 1 rings (SSSR count). The first-order valence-corrected chi connectivity index (χ1v) is 5.49. The Morgan fingerprint density at radius 2 is 2.14 bits per heavy atom. The molecule has 0 fully saturated rings. The maximum absolute atomic E-state index is 11.2. The largest absolute Gasteiger partial charge is 0.439 e. The molecule has 0 saturated carbocycles. The van der Waals surface area contributed by atoms with Gasteiger partial charge >= 0.3 is 10.1 Å². The summed E-state index contributed by atoms with van der Waals surface area (Å²) in [5, 5.41) is -0.600. The topological polar surface area (TPSA) is 84.6 Å². The zero-order chi connectivity index (χ0) is 10.8. The van der Waals surface area contributed by atoms with Crippen molar-refractivity contribution in [2.45, 2.75) is 24.9 Å². The lowest BCUT2D eigenvalue weighted by atomic mass is 10.2. The van der Waals surface area contributed by atoms with Gasteiger partial charge in [0.05, 0.1) is 0 Å². The van der Waals surface area contributed by atoms with E-state index in [2.05, 4.69) is 4.42 Å². The van der Waals surface area contributed by atoms with E-state index in [0.717, 1.165) is 6.07 Å². The van der Waals surface area contributed by atoms with E-state index in [1.807, 2.05) is 6.92 Å². The van der Waals surface area contributed by atoms with Gasteiger partial charge in [-0.15, -0.1) is 0 Å². The standard InChI is InChI=1S/C8H10O5S/c1-2-3-6(9)7-4-5-8(13-7)14(10,11)12/h4-5H,2-3H2,1H3,(H,10,11,12). The zero-order valence-corrected chi connectivity index (χ0v) is 8.37. The van der Waals surface area contributed by atoms with Crippen molar-refractivity contribution in [1.29, 1.82) is 0 Å². The molecular formula is C8H10O5S. The highest BCUT2D eigenvalue weighted by Gasteiger charge is 2.17. The Labute approximate surface area is 81.5 Å². The molecule has 0 radical (unpaired) electrons. The number of carbonyl (C=O) groups is 1. The Morgan fingerprint density at radius 1 is 1.50 bits per heavy atom. The lowest BCUT2D eigenvalue weighted by Gasteiger charge is -1.92. The minimum Gasteiger partial charge on any atom is -0.439 e. The first-order valence-electron chi connectivity index (χ1n) is 4.05. The molecule has 0 amide bonds. The molecule has 1 aromatic rings. The van der Waals surface area contributed by atoms with Crippen LogP contribution in [0.1, 0.15) is 30.3 Å². The number of rotatable bonds is 4. The van der Waals surface area contributed by atoms with Crippen LogP contribution in [0.25, 0.3) is 0 Å². The molecule has 0 saturated heterocycles. The van der Waals surface area contributed by atoms with E-state index in [1.165, 1.54) is 6.07 Å². The van der Waals surface area contributed by atoms with Gasteiger partial charge in [0.2, 0.25) is 5.09 Å². The third-order valence-electron chi connectivity index (χ3n) is 1.59. The number of hydrogen-bond donors (Lipinski definition) is 1. The van der Waals surface area contributed by atoms with E-state index >= 15 is 0 Å². The Hall–Kier alpha value is -1.14. The van der Waals surface area contributed by atoms with Crippen LogP contribution in [0.15, 0.2) is 21.6 Å². The van der Waals surface area contributed by atoms with E-state index in [-0.39, 0.29) is 11.5 Å². The molecule has 78 valence electrons. The van der Waals surface area contributed by atoms with Gasteiger partial charge in [-0.05, 0) is 18.6 Å². The van der Waals surface area contributed by atoms with Crippen molar-refractivity contribution in [3.63, 3.8) is 0 Å². The average molecular weight is 218 g/mol. The van der Waals surface area contributed by atoms with Crippen LogP contribution in [0.4, 0.5) is 0 Å². The summed E-state index contributed by atoms with van der Waals surface area (Å²) in [5.41, 5.74) is 0. The minimum atomic E-state index is -4.35. The number of hydrogen-bond acceptors (Lipinski definition) is 4. The smallest absolute Gasteiger partial charge is 0.328 e. The second kappa shape index (κ2) is 3.93. The summed E-state index contributed by atoms with van der Waals surface area (Å²) < 4.78 is 34.4. The molecule has 0 unspecified atom stereocenters. The van der Waals surface area contributed by atoms with Crippen LogP contribution in [-0.2, 0) is 10.1 Å². The molecule has 0 spiro atoms. The van der Waals surface area contributed by atoms with Gasteiger partial charge in [-0.3, -0.25) is 9.35 Å². The fourth-order valence-electron chi connectivity index (χ4n) is 0.959. The number of Topliss-reactive ketones (excluding diaryl/α,β-unsaturated/α-hetero) is 1. The van der Waals surface area contributed by atoms with Crippen LogP contribution >= 0.6 is 0 Å². The summed E-state index contributed by atoms with van der Waals surface area (Å²) in [6, 6.07) is 2.29. The van der Waals surface area contributed by atoms with Gasteiger partial charge in [-0.1, -0.05) is 6.92 Å². The Bertz CT molecular complexity index is 428. The second-order valence-corrected chi connectivity index (χ2v) is 4.12. The van der Waals surface area contributed by atoms with Crippen molar-refractivity contribution in [3.05, 3.63) is 17.9 Å². The average Bonchev–Trinajstić information content (AvgIpc) is 2.51. The number of ketones is 1. The number of furan rings is 1. The van der Waals surface area contributed by atoms with Crippen molar-refractivity contribution in [3.8, 4) is 0 Å². The fourth-order valence-corrected chi connectivity index (χ4v) is 1.39. The highest BCUT2D eigenvalue weighted by atomic mass is 32.2. The molecule has 0 bridgehead atoms. The normalized spacial score (nSPS) is 11.6. The Morgan fingerprint density at radius 3 is 2.57 bits per heavy atom. The van der Waals surface area contributed by atoms with E-state index in [1.54, 1.807) is 0 Å².